The molecule has 13 heavy (non-hydrogen) atoms. The first kappa shape index (κ1) is 12.8. The smallest absolute Gasteiger partial charge is 0.311 e. The molecule has 0 aliphatic rings. The quantitative estimate of drug-likeness (QED) is 0.649. The highest BCUT2D eigenvalue weighted by Gasteiger charge is 2.36. The average Bonchev–Trinajstić information content (AvgIpc) is 2.14. The third-order valence-corrected chi connectivity index (χ3v) is 4.19. The second-order valence-corrected chi connectivity index (χ2v) is 5.72. The van der Waals surface area contributed by atoms with Crippen LogP contribution >= 0.6 is 7.60 Å². The van der Waals surface area contributed by atoms with Crippen LogP contribution in [0.4, 0.5) is 0 Å². The van der Waals surface area contributed by atoms with E-state index in [1.165, 1.54) is 14.2 Å². The highest BCUT2D eigenvalue weighted by atomic mass is 31.2. The topological polar surface area (TPSA) is 52.6 Å². The molecule has 0 fully saturated rings. The number of Topliss-reactive ketones (excluding diaryl/α,β-unsaturated/α-hetero) is 1. The van der Waals surface area contributed by atoms with Crippen LogP contribution in [0.15, 0.2) is 0 Å². The third kappa shape index (κ3) is 2.90. The summed E-state index contributed by atoms with van der Waals surface area (Å²) in [4.78, 5) is 11.5. The number of ketones is 1. The van der Waals surface area contributed by atoms with Gasteiger partial charge in [-0.05, 0) is 6.92 Å². The van der Waals surface area contributed by atoms with Gasteiger partial charge in [-0.1, -0.05) is 13.8 Å². The van der Waals surface area contributed by atoms with Crippen LogP contribution < -0.4 is 0 Å². The fourth-order valence-corrected chi connectivity index (χ4v) is 2.42. The minimum atomic E-state index is -3.23. The van der Waals surface area contributed by atoms with Gasteiger partial charge in [-0.25, -0.2) is 0 Å². The van der Waals surface area contributed by atoms with Crippen molar-refractivity contribution in [2.45, 2.75) is 26.4 Å². The van der Waals surface area contributed by atoms with Gasteiger partial charge in [0.25, 0.3) is 0 Å². The number of hydrogen-bond acceptors (Lipinski definition) is 4. The van der Waals surface area contributed by atoms with Gasteiger partial charge in [0, 0.05) is 20.1 Å². The maximum atomic E-state index is 11.7. The van der Waals surface area contributed by atoms with Crippen molar-refractivity contribution in [1.29, 1.82) is 0 Å². The number of carbonyl (C=O) groups excluding carboxylic acids is 1. The van der Waals surface area contributed by atoms with E-state index in [2.05, 4.69) is 0 Å². The summed E-state index contributed by atoms with van der Waals surface area (Å²) in [6, 6.07) is 0. The van der Waals surface area contributed by atoms with E-state index in [9.17, 15) is 9.36 Å². The van der Waals surface area contributed by atoms with Crippen LogP contribution in [-0.2, 0) is 18.4 Å². The molecule has 0 spiro atoms. The predicted molar refractivity (Wildman–Crippen MR) is 50.9 cm³/mol. The van der Waals surface area contributed by atoms with Crippen molar-refractivity contribution in [3.63, 3.8) is 0 Å². The molecule has 0 saturated heterocycles. The van der Waals surface area contributed by atoms with Gasteiger partial charge in [0.1, 0.15) is 11.4 Å². The Labute approximate surface area is 79.1 Å². The second kappa shape index (κ2) is 4.89. The fourth-order valence-electron chi connectivity index (χ4n) is 1.03. The zero-order chi connectivity index (χ0) is 10.6. The molecule has 78 valence electrons. The zero-order valence-electron chi connectivity index (χ0n) is 8.73. The molecule has 0 bridgehead atoms. The van der Waals surface area contributed by atoms with Gasteiger partial charge in [-0.3, -0.25) is 9.36 Å². The maximum absolute atomic E-state index is 11.7. The van der Waals surface area contributed by atoms with E-state index in [1.807, 2.05) is 0 Å². The summed E-state index contributed by atoms with van der Waals surface area (Å²) in [5.41, 5.74) is -0.692. The SMILES string of the molecule is COP(=O)(OC)C(C)C(=O)C(C)C. The molecule has 0 saturated carbocycles. The Morgan fingerprint density at radius 3 is 1.77 bits per heavy atom. The fraction of sp³-hybridized carbons (Fsp3) is 0.875. The first-order valence-corrected chi connectivity index (χ1v) is 5.75. The van der Waals surface area contributed by atoms with Crippen LogP contribution in [0.3, 0.4) is 0 Å². The molecule has 0 amide bonds. The molecule has 0 N–H and O–H groups in total. The lowest BCUT2D eigenvalue weighted by atomic mass is 10.1. The largest absolute Gasteiger partial charge is 0.340 e. The van der Waals surface area contributed by atoms with Crippen molar-refractivity contribution in [2.24, 2.45) is 5.92 Å². The van der Waals surface area contributed by atoms with Crippen molar-refractivity contribution in [1.82, 2.24) is 0 Å². The van der Waals surface area contributed by atoms with Crippen molar-refractivity contribution < 1.29 is 18.4 Å². The summed E-state index contributed by atoms with van der Waals surface area (Å²) in [5, 5.41) is 0. The molecule has 0 radical (unpaired) electrons. The Hall–Kier alpha value is -0.180. The maximum Gasteiger partial charge on any atom is 0.340 e. The standard InChI is InChI=1S/C8H17O4P/c1-6(2)8(9)7(3)13(10,11-4)12-5/h6-7H,1-5H3. The molecule has 0 aromatic heterocycles. The molecule has 0 rings (SSSR count). The van der Waals surface area contributed by atoms with Crippen LogP contribution in [0.25, 0.3) is 0 Å². The van der Waals surface area contributed by atoms with E-state index < -0.39 is 13.3 Å². The summed E-state index contributed by atoms with van der Waals surface area (Å²) >= 11 is 0. The molecule has 4 nitrogen and oxygen atoms in total. The van der Waals surface area contributed by atoms with Crippen LogP contribution in [0.1, 0.15) is 20.8 Å². The Morgan fingerprint density at radius 2 is 1.54 bits per heavy atom. The van der Waals surface area contributed by atoms with Crippen molar-refractivity contribution >= 4 is 13.4 Å². The van der Waals surface area contributed by atoms with Crippen LogP contribution in [0, 0.1) is 5.92 Å². The molecule has 0 aliphatic carbocycles. The van der Waals surface area contributed by atoms with Gasteiger partial charge in [-0.15, -0.1) is 0 Å². The summed E-state index contributed by atoms with van der Waals surface area (Å²) < 4.78 is 21.2. The first-order chi connectivity index (χ1) is 5.89. The highest BCUT2D eigenvalue weighted by molar-refractivity contribution is 7.55. The van der Waals surface area contributed by atoms with E-state index >= 15 is 0 Å². The Bertz CT molecular complexity index is 216. The molecule has 1 unspecified atom stereocenters. The Morgan fingerprint density at radius 1 is 1.15 bits per heavy atom. The number of carbonyl (C=O) groups is 1. The van der Waals surface area contributed by atoms with Gasteiger partial charge in [0.15, 0.2) is 0 Å². The second-order valence-electron chi connectivity index (χ2n) is 3.14. The Balaban J connectivity index is 4.66. The molecule has 0 heterocycles. The zero-order valence-corrected chi connectivity index (χ0v) is 9.63. The monoisotopic (exact) mass is 208 g/mol. The molecular formula is C8H17O4P. The third-order valence-electron chi connectivity index (χ3n) is 1.96. The normalized spacial score (nSPS) is 14.6. The van der Waals surface area contributed by atoms with Gasteiger partial charge in [0.05, 0.1) is 0 Å². The Kier molecular flexibility index (Phi) is 4.82. The summed E-state index contributed by atoms with van der Waals surface area (Å²) in [7, 11) is -0.660. The minimum Gasteiger partial charge on any atom is -0.311 e. The van der Waals surface area contributed by atoms with Crippen LogP contribution in [0.5, 0.6) is 0 Å². The van der Waals surface area contributed by atoms with Crippen molar-refractivity contribution in [3.05, 3.63) is 0 Å². The molecular weight excluding hydrogens is 191 g/mol. The van der Waals surface area contributed by atoms with Gasteiger partial charge in [0.2, 0.25) is 0 Å². The first-order valence-electron chi connectivity index (χ1n) is 4.14. The lowest BCUT2D eigenvalue weighted by Crippen LogP contribution is -2.23. The average molecular weight is 208 g/mol. The molecule has 0 aromatic carbocycles. The van der Waals surface area contributed by atoms with E-state index in [-0.39, 0.29) is 11.7 Å². The number of hydrogen-bond donors (Lipinski definition) is 0. The van der Waals surface area contributed by atoms with Crippen molar-refractivity contribution in [2.75, 3.05) is 14.2 Å². The summed E-state index contributed by atoms with van der Waals surface area (Å²) in [6.45, 7) is 5.08. The summed E-state index contributed by atoms with van der Waals surface area (Å²) in [5.74, 6) is -0.263. The predicted octanol–water partition coefficient (Wildman–Crippen LogP) is 2.09. The minimum absolute atomic E-state index is 0.105. The molecule has 1 atom stereocenters. The van der Waals surface area contributed by atoms with Crippen LogP contribution in [0.2, 0.25) is 0 Å². The number of rotatable bonds is 5. The summed E-state index contributed by atoms with van der Waals surface area (Å²) in [6.07, 6.45) is 0. The molecule has 0 aromatic rings. The van der Waals surface area contributed by atoms with E-state index in [0.29, 0.717) is 0 Å². The van der Waals surface area contributed by atoms with Crippen LogP contribution in [-0.4, -0.2) is 25.7 Å². The van der Waals surface area contributed by atoms with Gasteiger partial charge in [-0.2, -0.15) is 0 Å². The van der Waals surface area contributed by atoms with Gasteiger partial charge < -0.3 is 9.05 Å². The lowest BCUT2D eigenvalue weighted by molar-refractivity contribution is -0.121. The van der Waals surface area contributed by atoms with E-state index in [1.54, 1.807) is 20.8 Å². The highest BCUT2D eigenvalue weighted by Crippen LogP contribution is 2.52. The van der Waals surface area contributed by atoms with Gasteiger partial charge >= 0.3 is 7.60 Å². The molecule has 5 heteroatoms. The van der Waals surface area contributed by atoms with Crippen molar-refractivity contribution in [3.8, 4) is 0 Å². The molecule has 0 aliphatic heterocycles. The van der Waals surface area contributed by atoms with E-state index in [4.69, 9.17) is 9.05 Å². The van der Waals surface area contributed by atoms with E-state index in [0.717, 1.165) is 0 Å². The lowest BCUT2D eigenvalue weighted by Gasteiger charge is -2.20.